The molecule has 0 aliphatic carbocycles. The van der Waals surface area contributed by atoms with Crippen molar-refractivity contribution in [2.24, 2.45) is 0 Å². The van der Waals surface area contributed by atoms with Crippen LogP contribution in [0.25, 0.3) is 10.9 Å². The van der Waals surface area contributed by atoms with Crippen molar-refractivity contribution in [1.82, 2.24) is 4.98 Å². The molecule has 0 saturated carbocycles. The lowest BCUT2D eigenvalue weighted by molar-refractivity contribution is -0.384. The maximum Gasteiger partial charge on any atom is 0.272 e. The first-order valence-corrected chi connectivity index (χ1v) is 9.87. The Morgan fingerprint density at radius 3 is 2.41 bits per heavy atom. The second kappa shape index (κ2) is 6.62. The number of halogens is 2. The zero-order valence-corrected chi connectivity index (χ0v) is 17.9. The number of rotatable bonds is 3. The Balaban J connectivity index is 1.81. The number of ether oxygens (including phenoxy) is 2. The zero-order valence-electron chi connectivity index (χ0n) is 16.4. The Morgan fingerprint density at radius 2 is 1.79 bits per heavy atom. The minimum Gasteiger partial charge on any atom is -0.454 e. The second-order valence-electron chi connectivity index (χ2n) is 8.36. The van der Waals surface area contributed by atoms with E-state index in [0.717, 1.165) is 16.6 Å². The Hall–Kier alpha value is -2.28. The molecule has 6 nitrogen and oxygen atoms in total. The molecule has 8 heteroatoms. The number of hydrogen-bond donors (Lipinski definition) is 1. The van der Waals surface area contributed by atoms with Gasteiger partial charge in [-0.15, -0.1) is 0 Å². The zero-order chi connectivity index (χ0) is 21.1. The number of hydrogen-bond acceptors (Lipinski definition) is 4. The monoisotopic (exact) mass is 434 g/mol. The summed E-state index contributed by atoms with van der Waals surface area (Å²) < 4.78 is 12.0. The molecule has 1 N–H and O–H groups in total. The van der Waals surface area contributed by atoms with Gasteiger partial charge >= 0.3 is 0 Å². The van der Waals surface area contributed by atoms with Gasteiger partial charge in [-0.1, -0.05) is 37.0 Å². The Morgan fingerprint density at radius 1 is 1.14 bits per heavy atom. The first-order valence-electron chi connectivity index (χ1n) is 9.11. The van der Waals surface area contributed by atoms with Gasteiger partial charge in [0.2, 0.25) is 0 Å². The Labute approximate surface area is 177 Å². The summed E-state index contributed by atoms with van der Waals surface area (Å²) in [5, 5.41) is 12.2. The van der Waals surface area contributed by atoms with Gasteiger partial charge in [0.25, 0.3) is 5.69 Å². The van der Waals surface area contributed by atoms with Gasteiger partial charge in [0.1, 0.15) is 11.4 Å². The number of non-ortho nitro benzene ring substituents is 1. The maximum absolute atomic E-state index is 11.0. The number of H-pyrrole nitrogens is 1. The van der Waals surface area contributed by atoms with Gasteiger partial charge in [-0.25, -0.2) is 0 Å². The fourth-order valence-electron chi connectivity index (χ4n) is 3.76. The largest absolute Gasteiger partial charge is 0.454 e. The number of nitrogens with zero attached hydrogens (tertiary/aromatic N) is 1. The van der Waals surface area contributed by atoms with Crippen LogP contribution >= 0.6 is 23.2 Å². The molecule has 152 valence electrons. The van der Waals surface area contributed by atoms with Crippen LogP contribution in [0.5, 0.6) is 11.5 Å². The number of aromatic amines is 1. The maximum atomic E-state index is 11.0. The van der Waals surface area contributed by atoms with E-state index in [0.29, 0.717) is 12.4 Å². The van der Waals surface area contributed by atoms with E-state index in [1.165, 1.54) is 17.7 Å². The van der Waals surface area contributed by atoms with Crippen molar-refractivity contribution in [1.29, 1.82) is 0 Å². The summed E-state index contributed by atoms with van der Waals surface area (Å²) in [5.41, 5.74) is 2.43. The number of nitrogens with one attached hydrogen (secondary N) is 1. The molecule has 0 unspecified atom stereocenters. The van der Waals surface area contributed by atoms with Gasteiger partial charge in [0, 0.05) is 28.5 Å². The summed E-state index contributed by atoms with van der Waals surface area (Å²) in [5.74, 6) is 0.725. The lowest BCUT2D eigenvalue weighted by atomic mass is 9.78. The topological polar surface area (TPSA) is 77.4 Å². The smallest absolute Gasteiger partial charge is 0.272 e. The van der Waals surface area contributed by atoms with Crippen LogP contribution in [0.3, 0.4) is 0 Å². The second-order valence-corrected chi connectivity index (χ2v) is 9.18. The first kappa shape index (κ1) is 20.0. The van der Waals surface area contributed by atoms with E-state index in [9.17, 15) is 10.1 Å². The van der Waals surface area contributed by atoms with Crippen LogP contribution < -0.4 is 4.74 Å². The summed E-state index contributed by atoms with van der Waals surface area (Å²) in [4.78, 5) is 13.9. The van der Waals surface area contributed by atoms with E-state index in [4.69, 9.17) is 32.7 Å². The van der Waals surface area contributed by atoms with Crippen LogP contribution in [0.1, 0.15) is 39.0 Å². The van der Waals surface area contributed by atoms with Crippen LogP contribution in [0.15, 0.2) is 30.3 Å². The summed E-state index contributed by atoms with van der Waals surface area (Å²) >= 11 is 12.4. The third-order valence-corrected chi connectivity index (χ3v) is 5.82. The van der Waals surface area contributed by atoms with Gasteiger partial charge in [0.05, 0.1) is 27.3 Å². The van der Waals surface area contributed by atoms with Crippen molar-refractivity contribution < 1.29 is 14.4 Å². The fourth-order valence-corrected chi connectivity index (χ4v) is 4.31. The highest BCUT2D eigenvalue weighted by Crippen LogP contribution is 2.46. The van der Waals surface area contributed by atoms with Crippen molar-refractivity contribution >= 4 is 39.8 Å². The molecule has 2 heterocycles. The quantitative estimate of drug-likeness (QED) is 0.366. The number of benzene rings is 2. The molecule has 0 bridgehead atoms. The lowest BCUT2D eigenvalue weighted by Gasteiger charge is -2.39. The molecule has 1 aliphatic rings. The first-order chi connectivity index (χ1) is 13.5. The van der Waals surface area contributed by atoms with Crippen molar-refractivity contribution in [3.63, 3.8) is 0 Å². The van der Waals surface area contributed by atoms with Crippen molar-refractivity contribution in [3.8, 4) is 11.5 Å². The minimum absolute atomic E-state index is 0.0789. The van der Waals surface area contributed by atoms with E-state index in [-0.39, 0.29) is 26.9 Å². The molecule has 0 spiro atoms. The number of nitro groups is 1. The van der Waals surface area contributed by atoms with Crippen molar-refractivity contribution in [2.75, 3.05) is 6.61 Å². The van der Waals surface area contributed by atoms with Crippen LogP contribution in [-0.4, -0.2) is 16.5 Å². The molecular formula is C21H20Cl2N2O4. The van der Waals surface area contributed by atoms with E-state index >= 15 is 0 Å². The summed E-state index contributed by atoms with van der Waals surface area (Å²) in [6.07, 6.45) is 0. The third-order valence-electron chi connectivity index (χ3n) is 5.26. The molecule has 0 radical (unpaired) electrons. The summed E-state index contributed by atoms with van der Waals surface area (Å²) in [6, 6.07) is 8.12. The van der Waals surface area contributed by atoms with Gasteiger partial charge in [0.15, 0.2) is 5.75 Å². The van der Waals surface area contributed by atoms with E-state index in [2.05, 4.69) is 18.8 Å². The van der Waals surface area contributed by atoms with Gasteiger partial charge < -0.3 is 14.5 Å². The molecule has 0 amide bonds. The number of fused-ring (bicyclic) bond motifs is 3. The predicted molar refractivity (Wildman–Crippen MR) is 113 cm³/mol. The highest BCUT2D eigenvalue weighted by atomic mass is 35.5. The summed E-state index contributed by atoms with van der Waals surface area (Å²) in [6.45, 7) is 8.98. The number of aromatic nitrogens is 1. The van der Waals surface area contributed by atoms with E-state index < -0.39 is 10.5 Å². The molecule has 2 aromatic carbocycles. The average molecular weight is 435 g/mol. The number of nitro benzene ring substituents is 1. The molecule has 0 saturated heterocycles. The molecule has 0 atom stereocenters. The molecule has 0 fully saturated rings. The third kappa shape index (κ3) is 3.35. The molecule has 4 rings (SSSR count). The van der Waals surface area contributed by atoms with Gasteiger partial charge in [-0.2, -0.15) is 0 Å². The molecule has 3 aromatic rings. The average Bonchev–Trinajstić information content (AvgIpc) is 3.03. The van der Waals surface area contributed by atoms with Crippen LogP contribution in [-0.2, 0) is 15.8 Å². The van der Waals surface area contributed by atoms with Crippen LogP contribution in [0, 0.1) is 10.1 Å². The Bertz CT molecular complexity index is 1130. The molecule has 1 aliphatic heterocycles. The molecular weight excluding hydrogens is 415 g/mol. The molecule has 1 aromatic heterocycles. The SMILES string of the molecule is CC1(C)COC(C)(C)c2[nH]c3ccc(Oc4c(Cl)cc([N+](=O)[O-])cc4Cl)cc3c21. The van der Waals surface area contributed by atoms with Gasteiger partial charge in [-0.05, 0) is 37.6 Å². The standard InChI is InChI=1S/C21H20Cl2N2O4/c1-20(2)10-28-21(3,4)19-17(20)13-9-12(5-6-16(13)24-19)29-18-14(22)7-11(25(26)27)8-15(18)23/h5-9,24H,10H2,1-4H3. The van der Waals surface area contributed by atoms with E-state index in [1.807, 2.05) is 26.0 Å². The normalized spacial score (nSPS) is 17.2. The van der Waals surface area contributed by atoms with E-state index in [1.54, 1.807) is 6.07 Å². The fraction of sp³-hybridized carbons (Fsp3) is 0.333. The van der Waals surface area contributed by atoms with Crippen molar-refractivity contribution in [2.45, 2.75) is 38.7 Å². The van der Waals surface area contributed by atoms with Crippen molar-refractivity contribution in [3.05, 3.63) is 61.7 Å². The van der Waals surface area contributed by atoms with Gasteiger partial charge in [-0.3, -0.25) is 10.1 Å². The minimum atomic E-state index is -0.550. The Kier molecular flexibility index (Phi) is 4.57. The highest BCUT2D eigenvalue weighted by molar-refractivity contribution is 6.37. The molecule has 29 heavy (non-hydrogen) atoms. The van der Waals surface area contributed by atoms with Crippen LogP contribution in [0.2, 0.25) is 10.0 Å². The summed E-state index contributed by atoms with van der Waals surface area (Å²) in [7, 11) is 0. The highest BCUT2D eigenvalue weighted by Gasteiger charge is 2.41. The predicted octanol–water partition coefficient (Wildman–Crippen LogP) is 6.72. The van der Waals surface area contributed by atoms with Crippen LogP contribution in [0.4, 0.5) is 5.69 Å². The lowest BCUT2D eigenvalue weighted by Crippen LogP contribution is -2.39.